The Kier molecular flexibility index (Phi) is 2.68. The van der Waals surface area contributed by atoms with Crippen LogP contribution in [0, 0.1) is 11.3 Å². The van der Waals surface area contributed by atoms with Crippen LogP contribution in [-0.2, 0) is 9.47 Å². The van der Waals surface area contributed by atoms with Crippen LogP contribution in [0.2, 0.25) is 0 Å². The van der Waals surface area contributed by atoms with E-state index in [1.807, 2.05) is 6.92 Å². The highest BCUT2D eigenvalue weighted by Gasteiger charge is 2.55. The number of hydrogen-bond donors (Lipinski definition) is 0. The fourth-order valence-electron chi connectivity index (χ4n) is 2.85. The Morgan fingerprint density at radius 1 is 1.40 bits per heavy atom. The zero-order valence-corrected chi connectivity index (χ0v) is 11.5. The van der Waals surface area contributed by atoms with Gasteiger partial charge in [-0.25, -0.2) is 4.79 Å². The first-order valence-corrected chi connectivity index (χ1v) is 6.61. The molecule has 0 unspecified atom stereocenters. The number of rotatable bonds is 0. The number of carbonyl (C=O) groups excluding carboxylic acids is 1. The van der Waals surface area contributed by atoms with E-state index in [0.717, 1.165) is 12.8 Å². The summed E-state index contributed by atoms with van der Waals surface area (Å²) >= 11 is 2.50. The van der Waals surface area contributed by atoms with Crippen LogP contribution in [0.1, 0.15) is 33.6 Å². The molecule has 1 aliphatic carbocycles. The third-order valence-corrected chi connectivity index (χ3v) is 6.25. The summed E-state index contributed by atoms with van der Waals surface area (Å²) in [4.78, 5) is 11.2. The van der Waals surface area contributed by atoms with Crippen molar-refractivity contribution in [3.63, 3.8) is 0 Å². The van der Waals surface area contributed by atoms with Gasteiger partial charge in [0.05, 0.1) is 0 Å². The molecule has 2 aliphatic rings. The minimum atomic E-state index is -0.503. The summed E-state index contributed by atoms with van der Waals surface area (Å²) in [6.45, 7) is 7.04. The van der Waals surface area contributed by atoms with Gasteiger partial charge in [-0.05, 0) is 25.2 Å². The van der Waals surface area contributed by atoms with Crippen LogP contribution in [0.3, 0.4) is 0 Å². The Labute approximate surface area is 104 Å². The number of cyclic esters (lactones) is 1. The summed E-state index contributed by atoms with van der Waals surface area (Å²) < 4.78 is 11.0. The molecule has 1 aliphatic heterocycles. The largest absolute Gasteiger partial charge is 0.508 e. The summed E-state index contributed by atoms with van der Waals surface area (Å²) in [5, 5.41) is 0. The van der Waals surface area contributed by atoms with Gasteiger partial charge < -0.3 is 9.47 Å². The van der Waals surface area contributed by atoms with Crippen LogP contribution in [0.15, 0.2) is 0 Å². The van der Waals surface area contributed by atoms with E-state index >= 15 is 0 Å². The van der Waals surface area contributed by atoms with Gasteiger partial charge in [-0.2, -0.15) is 0 Å². The number of halogens is 1. The van der Waals surface area contributed by atoms with Crippen LogP contribution in [0.4, 0.5) is 4.79 Å². The van der Waals surface area contributed by atoms with E-state index in [2.05, 4.69) is 36.4 Å². The summed E-state index contributed by atoms with van der Waals surface area (Å²) in [6.07, 6.45) is 1.55. The van der Waals surface area contributed by atoms with Crippen LogP contribution < -0.4 is 0 Å². The van der Waals surface area contributed by atoms with Crippen LogP contribution in [0.5, 0.6) is 0 Å². The van der Waals surface area contributed by atoms with E-state index in [1.165, 1.54) is 0 Å². The molecule has 0 aromatic carbocycles. The molecule has 1 heterocycles. The van der Waals surface area contributed by atoms with E-state index in [9.17, 15) is 4.79 Å². The monoisotopic (exact) mass is 324 g/mol. The topological polar surface area (TPSA) is 35.5 Å². The van der Waals surface area contributed by atoms with Crippen molar-refractivity contribution in [3.05, 3.63) is 0 Å². The lowest BCUT2D eigenvalue weighted by Crippen LogP contribution is -2.58. The van der Waals surface area contributed by atoms with Gasteiger partial charge in [-0.15, -0.1) is 0 Å². The van der Waals surface area contributed by atoms with Gasteiger partial charge in [-0.1, -0.05) is 36.4 Å². The third-order valence-electron chi connectivity index (χ3n) is 4.02. The molecule has 0 N–H and O–H groups in total. The van der Waals surface area contributed by atoms with Gasteiger partial charge in [0, 0.05) is 9.84 Å². The lowest BCUT2D eigenvalue weighted by molar-refractivity contribution is -0.165. The molecule has 0 aromatic rings. The maximum Gasteiger partial charge on any atom is 0.508 e. The van der Waals surface area contributed by atoms with E-state index in [4.69, 9.17) is 9.47 Å². The van der Waals surface area contributed by atoms with Crippen molar-refractivity contribution >= 4 is 28.7 Å². The zero-order chi connectivity index (χ0) is 11.3. The van der Waals surface area contributed by atoms with Gasteiger partial charge in [0.2, 0.25) is 0 Å². The van der Waals surface area contributed by atoms with Crippen LogP contribution >= 0.6 is 22.6 Å². The molecule has 4 heteroatoms. The van der Waals surface area contributed by atoms with Gasteiger partial charge in [0.15, 0.2) is 0 Å². The molecule has 0 bridgehead atoms. The molecule has 0 aromatic heterocycles. The van der Waals surface area contributed by atoms with Crippen molar-refractivity contribution in [2.45, 2.75) is 43.1 Å². The molecular weight excluding hydrogens is 307 g/mol. The predicted molar refractivity (Wildman–Crippen MR) is 65.2 cm³/mol. The Morgan fingerprint density at radius 2 is 2.07 bits per heavy atom. The van der Waals surface area contributed by atoms with Crippen LogP contribution in [0.25, 0.3) is 0 Å². The highest BCUT2D eigenvalue weighted by atomic mass is 127. The zero-order valence-electron chi connectivity index (χ0n) is 9.38. The minimum absolute atomic E-state index is 0.161. The van der Waals surface area contributed by atoms with E-state index in [1.54, 1.807) is 0 Å². The molecule has 15 heavy (non-hydrogen) atoms. The highest BCUT2D eigenvalue weighted by Crippen LogP contribution is 2.52. The SMILES string of the molecule is CC1(C)[C@@H](I)CC[C@]2(C)OC(=O)OC[C@@H]12. The van der Waals surface area contributed by atoms with E-state index < -0.39 is 6.16 Å². The Hall–Kier alpha value is 0. The van der Waals surface area contributed by atoms with E-state index in [0.29, 0.717) is 16.4 Å². The summed E-state index contributed by atoms with van der Waals surface area (Å²) in [5.74, 6) is 0.304. The number of ether oxygens (including phenoxy) is 2. The fraction of sp³-hybridized carbons (Fsp3) is 0.909. The second kappa shape index (κ2) is 3.50. The lowest BCUT2D eigenvalue weighted by atomic mass is 9.62. The lowest BCUT2D eigenvalue weighted by Gasteiger charge is -2.53. The summed E-state index contributed by atoms with van der Waals surface area (Å²) in [5.41, 5.74) is -0.158. The van der Waals surface area contributed by atoms with Gasteiger partial charge >= 0.3 is 6.16 Å². The molecule has 0 amide bonds. The quantitative estimate of drug-likeness (QED) is 0.390. The maximum absolute atomic E-state index is 11.2. The molecular formula is C11H17IO3. The first-order chi connectivity index (χ1) is 6.86. The number of alkyl halides is 1. The average Bonchev–Trinajstić information content (AvgIpc) is 2.11. The summed E-state index contributed by atoms with van der Waals surface area (Å²) in [6, 6.07) is 0. The second-order valence-electron chi connectivity index (χ2n) is 5.36. The first-order valence-electron chi connectivity index (χ1n) is 5.36. The van der Waals surface area contributed by atoms with Crippen molar-refractivity contribution in [2.75, 3.05) is 6.61 Å². The Bertz CT molecular complexity index is 290. The number of fused-ring (bicyclic) bond motifs is 1. The number of carbonyl (C=O) groups is 1. The first kappa shape index (κ1) is 11.5. The molecule has 3 atom stereocenters. The predicted octanol–water partition coefficient (Wildman–Crippen LogP) is 3.15. The molecule has 86 valence electrons. The third kappa shape index (κ3) is 1.74. The van der Waals surface area contributed by atoms with Crippen molar-refractivity contribution in [1.29, 1.82) is 0 Å². The number of hydrogen-bond acceptors (Lipinski definition) is 3. The molecule has 2 rings (SSSR count). The van der Waals surface area contributed by atoms with Crippen molar-refractivity contribution < 1.29 is 14.3 Å². The summed E-state index contributed by atoms with van der Waals surface area (Å²) in [7, 11) is 0. The van der Waals surface area contributed by atoms with Crippen molar-refractivity contribution in [2.24, 2.45) is 11.3 Å². The van der Waals surface area contributed by atoms with E-state index in [-0.39, 0.29) is 11.0 Å². The van der Waals surface area contributed by atoms with Gasteiger partial charge in [-0.3, -0.25) is 0 Å². The fourth-order valence-corrected chi connectivity index (χ4v) is 3.59. The molecule has 0 spiro atoms. The Balaban J connectivity index is 2.29. The smallest absolute Gasteiger partial charge is 0.434 e. The average molecular weight is 324 g/mol. The van der Waals surface area contributed by atoms with Gasteiger partial charge in [0.1, 0.15) is 12.2 Å². The molecule has 1 saturated carbocycles. The van der Waals surface area contributed by atoms with Gasteiger partial charge in [0.25, 0.3) is 0 Å². The normalized spacial score (nSPS) is 43.9. The van der Waals surface area contributed by atoms with Crippen molar-refractivity contribution in [1.82, 2.24) is 0 Å². The van der Waals surface area contributed by atoms with Crippen molar-refractivity contribution in [3.8, 4) is 0 Å². The molecule has 1 saturated heterocycles. The molecule has 0 radical (unpaired) electrons. The standard InChI is InChI=1S/C11H17IO3/c1-10(2)7-6-14-9(13)15-11(7,3)5-4-8(10)12/h7-8H,4-6H2,1-3H3/t7-,8-,11-/m0/s1. The molecule has 2 fully saturated rings. The minimum Gasteiger partial charge on any atom is -0.434 e. The Morgan fingerprint density at radius 3 is 2.73 bits per heavy atom. The maximum atomic E-state index is 11.2. The van der Waals surface area contributed by atoms with Crippen LogP contribution in [-0.4, -0.2) is 22.3 Å². The molecule has 3 nitrogen and oxygen atoms in total. The second-order valence-corrected chi connectivity index (χ2v) is 6.86. The highest BCUT2D eigenvalue weighted by molar-refractivity contribution is 14.1.